The van der Waals surface area contributed by atoms with Gasteiger partial charge >= 0.3 is 0 Å². The van der Waals surface area contributed by atoms with Crippen LogP contribution in [0.5, 0.6) is 0 Å². The molecule has 0 aliphatic carbocycles. The first-order valence-electron chi connectivity index (χ1n) is 5.13. The van der Waals surface area contributed by atoms with E-state index in [4.69, 9.17) is 10.6 Å². The molecule has 3 N–H and O–H groups in total. The molecule has 15 heavy (non-hydrogen) atoms. The summed E-state index contributed by atoms with van der Waals surface area (Å²) >= 11 is 0. The molecule has 0 radical (unpaired) electrons. The van der Waals surface area contributed by atoms with E-state index in [1.807, 2.05) is 13.8 Å². The molecule has 0 atom stereocenters. The van der Waals surface area contributed by atoms with Crippen molar-refractivity contribution in [2.45, 2.75) is 33.8 Å². The van der Waals surface area contributed by atoms with Crippen molar-refractivity contribution in [3.8, 4) is 0 Å². The molecular formula is C10H18N4O. The van der Waals surface area contributed by atoms with E-state index in [0.717, 1.165) is 17.7 Å². The van der Waals surface area contributed by atoms with Gasteiger partial charge in [0.05, 0.1) is 0 Å². The van der Waals surface area contributed by atoms with Crippen LogP contribution in [0.3, 0.4) is 0 Å². The summed E-state index contributed by atoms with van der Waals surface area (Å²) in [5, 5.41) is 0. The van der Waals surface area contributed by atoms with E-state index in [1.165, 1.54) is 0 Å². The van der Waals surface area contributed by atoms with Crippen molar-refractivity contribution in [2.24, 2.45) is 5.84 Å². The minimum absolute atomic E-state index is 0.429. The molecule has 0 bridgehead atoms. The van der Waals surface area contributed by atoms with Crippen LogP contribution in [0, 0.1) is 6.92 Å². The first-order valence-corrected chi connectivity index (χ1v) is 5.13. The molecule has 84 valence electrons. The number of aryl methyl sites for hydroxylation is 1. The van der Waals surface area contributed by atoms with E-state index in [9.17, 15) is 0 Å². The molecule has 0 unspecified atom stereocenters. The minimum atomic E-state index is 0.429. The molecule has 1 aromatic heterocycles. The first-order chi connectivity index (χ1) is 7.22. The Morgan fingerprint density at radius 1 is 1.33 bits per heavy atom. The van der Waals surface area contributed by atoms with E-state index in [2.05, 4.69) is 22.3 Å². The first kappa shape index (κ1) is 11.9. The van der Waals surface area contributed by atoms with E-state index >= 15 is 0 Å². The van der Waals surface area contributed by atoms with Crippen molar-refractivity contribution in [1.29, 1.82) is 0 Å². The maximum Gasteiger partial charge on any atom is 0.156 e. The Hall–Kier alpha value is -1.20. The molecule has 0 saturated carbocycles. The Kier molecular flexibility index (Phi) is 4.45. The van der Waals surface area contributed by atoms with E-state index in [1.54, 1.807) is 0 Å². The third-order valence-corrected chi connectivity index (χ3v) is 2.20. The van der Waals surface area contributed by atoms with Crippen molar-refractivity contribution < 1.29 is 4.74 Å². The van der Waals surface area contributed by atoms with Crippen LogP contribution in [0.2, 0.25) is 0 Å². The van der Waals surface area contributed by atoms with Gasteiger partial charge in [-0.3, -0.25) is 0 Å². The number of hydrogen-bond acceptors (Lipinski definition) is 5. The quantitative estimate of drug-likeness (QED) is 0.563. The van der Waals surface area contributed by atoms with Crippen molar-refractivity contribution in [3.05, 3.63) is 17.1 Å². The van der Waals surface area contributed by atoms with Gasteiger partial charge in [-0.05, 0) is 20.3 Å². The maximum absolute atomic E-state index is 5.39. The standard InChI is InChI=1S/C10H18N4O/c1-4-8-7(3)10(14-11)13-9(12-8)6-15-5-2/h4-6,11H2,1-3H3,(H,12,13,14). The van der Waals surface area contributed by atoms with Crippen LogP contribution in [0.1, 0.15) is 30.9 Å². The number of ether oxygens (including phenoxy) is 1. The number of hydrazine groups is 1. The fourth-order valence-electron chi connectivity index (χ4n) is 1.36. The molecule has 0 amide bonds. The largest absolute Gasteiger partial charge is 0.374 e. The third-order valence-electron chi connectivity index (χ3n) is 2.20. The predicted octanol–water partition coefficient (Wildman–Crippen LogP) is 1.17. The normalized spacial score (nSPS) is 10.4. The van der Waals surface area contributed by atoms with Crippen LogP contribution in [0.15, 0.2) is 0 Å². The Bertz CT molecular complexity index is 302. The summed E-state index contributed by atoms with van der Waals surface area (Å²) in [6.07, 6.45) is 0.863. The number of rotatable bonds is 5. The predicted molar refractivity (Wildman–Crippen MR) is 59.3 cm³/mol. The smallest absolute Gasteiger partial charge is 0.156 e. The summed E-state index contributed by atoms with van der Waals surface area (Å²) < 4.78 is 5.26. The highest BCUT2D eigenvalue weighted by Crippen LogP contribution is 2.15. The molecule has 0 saturated heterocycles. The summed E-state index contributed by atoms with van der Waals surface area (Å²) in [7, 11) is 0. The zero-order valence-electron chi connectivity index (χ0n) is 9.50. The van der Waals surface area contributed by atoms with Gasteiger partial charge in [0.1, 0.15) is 12.4 Å². The molecule has 0 aliphatic rings. The van der Waals surface area contributed by atoms with Crippen LogP contribution < -0.4 is 11.3 Å². The molecule has 5 heteroatoms. The maximum atomic E-state index is 5.39. The van der Waals surface area contributed by atoms with E-state index in [0.29, 0.717) is 24.9 Å². The number of nitrogen functional groups attached to an aromatic ring is 1. The monoisotopic (exact) mass is 210 g/mol. The second kappa shape index (κ2) is 5.63. The number of anilines is 1. The number of nitrogens with two attached hydrogens (primary N) is 1. The molecule has 0 aromatic carbocycles. The average Bonchev–Trinajstić information content (AvgIpc) is 2.27. The minimum Gasteiger partial charge on any atom is -0.374 e. The summed E-state index contributed by atoms with van der Waals surface area (Å²) in [5.74, 6) is 6.74. The lowest BCUT2D eigenvalue weighted by Gasteiger charge is -2.10. The van der Waals surface area contributed by atoms with Crippen LogP contribution in [-0.2, 0) is 17.8 Å². The summed E-state index contributed by atoms with van der Waals surface area (Å²) in [6.45, 7) is 7.04. The van der Waals surface area contributed by atoms with Gasteiger partial charge in [-0.15, -0.1) is 0 Å². The molecule has 0 spiro atoms. The number of aromatic nitrogens is 2. The highest BCUT2D eigenvalue weighted by atomic mass is 16.5. The Morgan fingerprint density at radius 2 is 2.07 bits per heavy atom. The Morgan fingerprint density at radius 3 is 2.60 bits per heavy atom. The molecule has 1 rings (SSSR count). The van der Waals surface area contributed by atoms with Crippen LogP contribution in [0.25, 0.3) is 0 Å². The van der Waals surface area contributed by atoms with Crippen molar-refractivity contribution in [1.82, 2.24) is 9.97 Å². The summed E-state index contributed by atoms with van der Waals surface area (Å²) in [5.41, 5.74) is 4.59. The van der Waals surface area contributed by atoms with E-state index in [-0.39, 0.29) is 0 Å². The van der Waals surface area contributed by atoms with Crippen LogP contribution in [-0.4, -0.2) is 16.6 Å². The second-order valence-electron chi connectivity index (χ2n) is 3.20. The van der Waals surface area contributed by atoms with Gasteiger partial charge in [-0.1, -0.05) is 6.92 Å². The highest BCUT2D eigenvalue weighted by molar-refractivity contribution is 5.44. The number of nitrogens with zero attached hydrogens (tertiary/aromatic N) is 2. The van der Waals surface area contributed by atoms with Crippen LogP contribution in [0.4, 0.5) is 5.82 Å². The average molecular weight is 210 g/mol. The topological polar surface area (TPSA) is 73.1 Å². The zero-order chi connectivity index (χ0) is 11.3. The molecular weight excluding hydrogens is 192 g/mol. The van der Waals surface area contributed by atoms with Crippen molar-refractivity contribution >= 4 is 5.82 Å². The molecule has 1 aromatic rings. The SMILES string of the molecule is CCOCc1nc(CC)c(C)c(NN)n1. The fourth-order valence-corrected chi connectivity index (χ4v) is 1.36. The van der Waals surface area contributed by atoms with Gasteiger partial charge in [-0.25, -0.2) is 15.8 Å². The van der Waals surface area contributed by atoms with E-state index < -0.39 is 0 Å². The lowest BCUT2D eigenvalue weighted by molar-refractivity contribution is 0.128. The fraction of sp³-hybridized carbons (Fsp3) is 0.600. The molecule has 5 nitrogen and oxygen atoms in total. The van der Waals surface area contributed by atoms with Crippen LogP contribution >= 0.6 is 0 Å². The lowest BCUT2D eigenvalue weighted by Crippen LogP contribution is -2.14. The van der Waals surface area contributed by atoms with Gasteiger partial charge in [0.2, 0.25) is 0 Å². The highest BCUT2D eigenvalue weighted by Gasteiger charge is 2.08. The number of nitrogens with one attached hydrogen (secondary N) is 1. The van der Waals surface area contributed by atoms with Crippen molar-refractivity contribution in [3.63, 3.8) is 0 Å². The molecule has 1 heterocycles. The second-order valence-corrected chi connectivity index (χ2v) is 3.20. The van der Waals surface area contributed by atoms with Gasteiger partial charge in [0.15, 0.2) is 5.82 Å². The molecule has 0 aliphatic heterocycles. The van der Waals surface area contributed by atoms with Gasteiger partial charge in [0.25, 0.3) is 0 Å². The Balaban J connectivity index is 2.98. The van der Waals surface area contributed by atoms with Gasteiger partial charge < -0.3 is 10.2 Å². The van der Waals surface area contributed by atoms with Gasteiger partial charge in [0, 0.05) is 17.9 Å². The van der Waals surface area contributed by atoms with Crippen molar-refractivity contribution in [2.75, 3.05) is 12.0 Å². The zero-order valence-corrected chi connectivity index (χ0v) is 9.50. The summed E-state index contributed by atoms with van der Waals surface area (Å²) in [4.78, 5) is 8.67. The third kappa shape index (κ3) is 2.87. The Labute approximate surface area is 90.0 Å². The summed E-state index contributed by atoms with van der Waals surface area (Å²) in [6, 6.07) is 0. The lowest BCUT2D eigenvalue weighted by atomic mass is 10.2. The molecule has 0 fully saturated rings. The number of hydrogen-bond donors (Lipinski definition) is 2. The van der Waals surface area contributed by atoms with Gasteiger partial charge in [-0.2, -0.15) is 0 Å².